The van der Waals surface area contributed by atoms with E-state index in [1.165, 1.54) is 21.1 Å². The van der Waals surface area contributed by atoms with Crippen LogP contribution in [0.3, 0.4) is 0 Å². The molecule has 1 aromatic heterocycles. The van der Waals surface area contributed by atoms with Crippen LogP contribution in [-0.4, -0.2) is 35.9 Å². The number of hydrogen-bond acceptors (Lipinski definition) is 2. The first-order valence-electron chi connectivity index (χ1n) is 7.69. The van der Waals surface area contributed by atoms with Crippen LogP contribution < -0.4 is 3.74 Å². The van der Waals surface area contributed by atoms with Gasteiger partial charge in [0, 0.05) is 0 Å². The summed E-state index contributed by atoms with van der Waals surface area (Å²) in [6.07, 6.45) is 2.49. The van der Waals surface area contributed by atoms with Crippen molar-refractivity contribution in [3.8, 4) is 16.9 Å². The third-order valence-corrected chi connectivity index (χ3v) is 6.93. The van der Waals surface area contributed by atoms with Crippen LogP contribution in [0.25, 0.3) is 16.9 Å². The average molecular weight is 439 g/mol. The minimum atomic E-state index is -0.354. The zero-order valence-corrected chi connectivity index (χ0v) is 16.0. The summed E-state index contributed by atoms with van der Waals surface area (Å²) in [7, 11) is 0. The predicted octanol–water partition coefficient (Wildman–Crippen LogP) is 4.14. The van der Waals surface area contributed by atoms with E-state index in [0.717, 1.165) is 22.0 Å². The van der Waals surface area contributed by atoms with Gasteiger partial charge in [-0.05, 0) is 0 Å². The van der Waals surface area contributed by atoms with E-state index in [2.05, 4.69) is 29.4 Å². The van der Waals surface area contributed by atoms with Gasteiger partial charge in [0.05, 0.1) is 0 Å². The van der Waals surface area contributed by atoms with Gasteiger partial charge in [0.25, 0.3) is 0 Å². The van der Waals surface area contributed by atoms with Gasteiger partial charge in [-0.3, -0.25) is 0 Å². The monoisotopic (exact) mass is 441 g/mol. The summed E-state index contributed by atoms with van der Waals surface area (Å²) in [6, 6.07) is 18.1. The predicted molar refractivity (Wildman–Crippen MR) is 96.9 cm³/mol. The molecular weight excluding hydrogens is 421 g/mol. The topological polar surface area (TPSA) is 30.7 Å². The first kappa shape index (κ1) is 16.5. The summed E-state index contributed by atoms with van der Waals surface area (Å²) in [6.45, 7) is 2.23. The molecule has 0 saturated carbocycles. The molecule has 3 rings (SSSR count). The Kier molecular flexibility index (Phi) is 5.72. The molecule has 23 heavy (non-hydrogen) atoms. The van der Waals surface area contributed by atoms with E-state index in [4.69, 9.17) is 11.6 Å². The first-order chi connectivity index (χ1) is 11.3. The van der Waals surface area contributed by atoms with Crippen molar-refractivity contribution in [3.05, 3.63) is 59.6 Å². The fraction of sp³-hybridized carbons (Fsp3) is 0.222. The molecule has 0 saturated heterocycles. The van der Waals surface area contributed by atoms with E-state index >= 15 is 0 Å². The summed E-state index contributed by atoms with van der Waals surface area (Å²) in [5.41, 5.74) is 3.14. The van der Waals surface area contributed by atoms with Crippen molar-refractivity contribution >= 4 is 36.3 Å². The summed E-state index contributed by atoms with van der Waals surface area (Å²) >= 11 is 5.79. The summed E-state index contributed by atoms with van der Waals surface area (Å²) in [5, 5.41) is 9.62. The van der Waals surface area contributed by atoms with Gasteiger partial charge in [-0.15, -0.1) is 0 Å². The van der Waals surface area contributed by atoms with Crippen molar-refractivity contribution in [2.24, 2.45) is 0 Å². The number of benzene rings is 2. The molecule has 0 aliphatic heterocycles. The number of rotatable bonds is 6. The zero-order valence-electron chi connectivity index (χ0n) is 12.9. The van der Waals surface area contributed by atoms with Gasteiger partial charge in [-0.1, -0.05) is 0 Å². The first-order valence-corrected chi connectivity index (χ1v) is 10.9. The molecule has 0 aliphatic rings. The Morgan fingerprint density at radius 1 is 1.09 bits per heavy atom. The van der Waals surface area contributed by atoms with Crippen LogP contribution >= 0.6 is 11.6 Å². The molecule has 0 spiro atoms. The normalized spacial score (nSPS) is 10.9. The van der Waals surface area contributed by atoms with Gasteiger partial charge in [-0.25, -0.2) is 0 Å². The Labute approximate surface area is 151 Å². The van der Waals surface area contributed by atoms with Crippen LogP contribution in [0.4, 0.5) is 0 Å². The number of nitrogens with zero attached hydrogens (tertiary/aromatic N) is 3. The molecule has 3 aromatic rings. The van der Waals surface area contributed by atoms with Gasteiger partial charge in [-0.2, -0.15) is 0 Å². The molecule has 0 N–H and O–H groups in total. The summed E-state index contributed by atoms with van der Waals surface area (Å²) in [5.74, 6) is 0. The second-order valence-electron chi connectivity index (χ2n) is 5.20. The second-order valence-corrected chi connectivity index (χ2v) is 8.73. The van der Waals surface area contributed by atoms with E-state index in [1.807, 2.05) is 47.1 Å². The fourth-order valence-electron chi connectivity index (χ4n) is 2.27. The Bertz CT molecular complexity index is 771. The molecule has 118 valence electrons. The molecule has 0 fully saturated rings. The quantitative estimate of drug-likeness (QED) is 0.427. The van der Waals surface area contributed by atoms with Gasteiger partial charge >= 0.3 is 152 Å². The molecule has 5 heteroatoms. The van der Waals surface area contributed by atoms with Crippen LogP contribution in [0.1, 0.15) is 19.8 Å². The van der Waals surface area contributed by atoms with Gasteiger partial charge in [0.2, 0.25) is 0 Å². The molecule has 3 nitrogen and oxygen atoms in total. The Morgan fingerprint density at radius 2 is 1.91 bits per heavy atom. The van der Waals surface area contributed by atoms with Crippen molar-refractivity contribution < 1.29 is 0 Å². The summed E-state index contributed by atoms with van der Waals surface area (Å²) in [4.78, 5) is 0. The van der Waals surface area contributed by atoms with Gasteiger partial charge in [0.1, 0.15) is 0 Å². The average Bonchev–Trinajstić information content (AvgIpc) is 3.00. The van der Waals surface area contributed by atoms with Gasteiger partial charge in [0.15, 0.2) is 0 Å². The molecule has 0 unspecified atom stereocenters. The second kappa shape index (κ2) is 7.97. The van der Waals surface area contributed by atoms with Crippen LogP contribution in [0.5, 0.6) is 0 Å². The van der Waals surface area contributed by atoms with Gasteiger partial charge < -0.3 is 0 Å². The van der Waals surface area contributed by atoms with E-state index in [9.17, 15) is 0 Å². The number of aromatic nitrogens is 3. The molecule has 1 heterocycles. The summed E-state index contributed by atoms with van der Waals surface area (Å²) < 4.78 is 4.51. The van der Waals surface area contributed by atoms with Crippen LogP contribution in [0, 0.1) is 0 Å². The maximum absolute atomic E-state index is 6.15. The molecule has 0 radical (unpaired) electrons. The molecule has 0 aliphatic carbocycles. The Hall–Kier alpha value is -1.34. The SMILES string of the molecule is CCCC[Te]c1c(-c2ccccc2)nnn1-c1cccc(Cl)c1. The van der Waals surface area contributed by atoms with Crippen LogP contribution in [0.15, 0.2) is 54.6 Å². The van der Waals surface area contributed by atoms with Crippen molar-refractivity contribution in [2.75, 3.05) is 0 Å². The maximum atomic E-state index is 6.15. The van der Waals surface area contributed by atoms with Crippen molar-refractivity contribution in [2.45, 2.75) is 24.2 Å². The zero-order chi connectivity index (χ0) is 16.1. The molecule has 0 bridgehead atoms. The standard InChI is InChI=1S/C18H18ClN3Te/c1-2-3-12-23-18-17(14-8-5-4-6-9-14)20-21-22(18)16-11-7-10-15(19)13-16/h4-11,13H,2-3,12H2,1H3. The molecule has 2 aromatic carbocycles. The van der Waals surface area contributed by atoms with Crippen LogP contribution in [-0.2, 0) is 0 Å². The third-order valence-electron chi connectivity index (χ3n) is 3.47. The third kappa shape index (κ3) is 3.95. The molecule has 0 amide bonds. The van der Waals surface area contributed by atoms with E-state index in [1.54, 1.807) is 0 Å². The van der Waals surface area contributed by atoms with Crippen molar-refractivity contribution in [3.63, 3.8) is 0 Å². The number of unbranched alkanes of at least 4 members (excludes halogenated alkanes) is 1. The Morgan fingerprint density at radius 3 is 2.65 bits per heavy atom. The molecular formula is C18H18ClN3Te. The van der Waals surface area contributed by atoms with Crippen molar-refractivity contribution in [1.82, 2.24) is 15.0 Å². The number of halogens is 1. The van der Waals surface area contributed by atoms with Crippen molar-refractivity contribution in [1.29, 1.82) is 0 Å². The minimum absolute atomic E-state index is 0.354. The molecule has 0 atom stereocenters. The van der Waals surface area contributed by atoms with E-state index in [0.29, 0.717) is 0 Å². The number of hydrogen-bond donors (Lipinski definition) is 0. The van der Waals surface area contributed by atoms with E-state index in [-0.39, 0.29) is 20.9 Å². The van der Waals surface area contributed by atoms with E-state index < -0.39 is 0 Å². The van der Waals surface area contributed by atoms with Crippen LogP contribution in [0.2, 0.25) is 9.49 Å². The fourth-order valence-corrected chi connectivity index (χ4v) is 5.84. The Balaban J connectivity index is 2.04.